The fourth-order valence-corrected chi connectivity index (χ4v) is 2.88. The molecule has 0 radical (unpaired) electrons. The van der Waals surface area contributed by atoms with E-state index >= 15 is 0 Å². The number of unbranched alkanes of at least 4 members (excludes halogenated alkanes) is 2. The first-order valence-corrected chi connectivity index (χ1v) is 10.1. The molecular weight excluding hydrogens is 356 g/mol. The number of nitrogens with one attached hydrogen (secondary N) is 2. The molecule has 3 N–H and O–H groups in total. The number of hydrogen-bond acceptors (Lipinski definition) is 4. The number of aliphatic hydroxyl groups is 1. The van der Waals surface area contributed by atoms with Crippen LogP contribution in [-0.2, 0) is 21.0 Å². The first-order valence-electron chi connectivity index (χ1n) is 10.1. The normalized spacial score (nSPS) is 13.1. The number of aliphatic hydroxyl groups excluding tert-OH is 1. The second kappa shape index (κ2) is 12.3. The third kappa shape index (κ3) is 8.21. The van der Waals surface area contributed by atoms with E-state index in [2.05, 4.69) is 17.6 Å². The minimum absolute atomic E-state index is 0.0106. The Hall–Kier alpha value is -2.21. The molecule has 0 spiro atoms. The van der Waals surface area contributed by atoms with Crippen LogP contribution in [0.4, 0.5) is 5.69 Å². The van der Waals surface area contributed by atoms with Crippen molar-refractivity contribution in [3.63, 3.8) is 0 Å². The molecule has 0 saturated heterocycles. The average Bonchev–Trinajstić information content (AvgIpc) is 2.66. The summed E-state index contributed by atoms with van der Waals surface area (Å²) in [5.74, 6) is -0.924. The van der Waals surface area contributed by atoms with Gasteiger partial charge in [0.05, 0.1) is 6.61 Å². The smallest absolute Gasteiger partial charge is 0.246 e. The van der Waals surface area contributed by atoms with E-state index in [4.69, 9.17) is 5.11 Å². The molecule has 1 aromatic carbocycles. The summed E-state index contributed by atoms with van der Waals surface area (Å²) in [6.07, 6.45) is 3.64. The molecule has 2 amide bonds. The van der Waals surface area contributed by atoms with E-state index in [-0.39, 0.29) is 36.5 Å². The third-order valence-corrected chi connectivity index (χ3v) is 4.80. The number of amides is 2. The van der Waals surface area contributed by atoms with Crippen molar-refractivity contribution < 1.29 is 19.5 Å². The maximum absolute atomic E-state index is 12.6. The minimum atomic E-state index is -0.721. The maximum atomic E-state index is 12.6. The lowest BCUT2D eigenvalue weighted by Gasteiger charge is -2.22. The van der Waals surface area contributed by atoms with Gasteiger partial charge in [-0.1, -0.05) is 45.7 Å². The molecule has 0 aliphatic heterocycles. The number of ketones is 1. The zero-order chi connectivity index (χ0) is 21.1. The van der Waals surface area contributed by atoms with Gasteiger partial charge in [-0.2, -0.15) is 0 Å². The SMILES string of the molecule is CCCCCC(=O)C[C@H](C(=O)N[C@@H](C)C(=O)Nc1ccc(CO)cc1)C(C)C. The van der Waals surface area contributed by atoms with Crippen LogP contribution in [-0.4, -0.2) is 28.7 Å². The van der Waals surface area contributed by atoms with E-state index in [1.54, 1.807) is 31.2 Å². The molecule has 0 aliphatic rings. The Bertz CT molecular complexity index is 640. The Morgan fingerprint density at radius 1 is 1.00 bits per heavy atom. The Kier molecular flexibility index (Phi) is 10.5. The lowest BCUT2D eigenvalue weighted by atomic mass is 9.88. The first-order chi connectivity index (χ1) is 13.3. The number of rotatable bonds is 12. The van der Waals surface area contributed by atoms with Gasteiger partial charge in [0, 0.05) is 24.4 Å². The van der Waals surface area contributed by atoms with Crippen LogP contribution >= 0.6 is 0 Å². The van der Waals surface area contributed by atoms with Crippen LogP contribution in [0.5, 0.6) is 0 Å². The number of hydrogen-bond donors (Lipinski definition) is 3. The van der Waals surface area contributed by atoms with Crippen molar-refractivity contribution in [3.8, 4) is 0 Å². The van der Waals surface area contributed by atoms with Gasteiger partial charge in [-0.25, -0.2) is 0 Å². The summed E-state index contributed by atoms with van der Waals surface area (Å²) in [5.41, 5.74) is 1.34. The number of carbonyl (C=O) groups excluding carboxylic acids is 3. The lowest BCUT2D eigenvalue weighted by molar-refractivity contribution is -0.133. The fraction of sp³-hybridized carbons (Fsp3) is 0.591. The highest BCUT2D eigenvalue weighted by molar-refractivity contribution is 5.97. The summed E-state index contributed by atoms with van der Waals surface area (Å²) >= 11 is 0. The fourth-order valence-electron chi connectivity index (χ4n) is 2.88. The van der Waals surface area contributed by atoms with E-state index < -0.39 is 12.0 Å². The highest BCUT2D eigenvalue weighted by atomic mass is 16.3. The van der Waals surface area contributed by atoms with Crippen molar-refractivity contribution in [3.05, 3.63) is 29.8 Å². The monoisotopic (exact) mass is 390 g/mol. The van der Waals surface area contributed by atoms with Crippen molar-refractivity contribution in [2.24, 2.45) is 11.8 Å². The Morgan fingerprint density at radius 3 is 2.18 bits per heavy atom. The van der Waals surface area contributed by atoms with Gasteiger partial charge in [-0.3, -0.25) is 14.4 Å². The van der Waals surface area contributed by atoms with Crippen LogP contribution in [0.15, 0.2) is 24.3 Å². The molecule has 28 heavy (non-hydrogen) atoms. The summed E-state index contributed by atoms with van der Waals surface area (Å²) < 4.78 is 0. The number of benzene rings is 1. The summed E-state index contributed by atoms with van der Waals surface area (Å²) in [5, 5.41) is 14.5. The number of anilines is 1. The van der Waals surface area contributed by atoms with Crippen molar-refractivity contribution in [1.82, 2.24) is 5.32 Å². The largest absolute Gasteiger partial charge is 0.392 e. The highest BCUT2D eigenvalue weighted by Gasteiger charge is 2.27. The van der Waals surface area contributed by atoms with Crippen LogP contribution in [0.25, 0.3) is 0 Å². The molecule has 6 heteroatoms. The predicted molar refractivity (Wildman–Crippen MR) is 111 cm³/mol. The average molecular weight is 391 g/mol. The van der Waals surface area contributed by atoms with Crippen molar-refractivity contribution in [2.45, 2.75) is 72.4 Å². The van der Waals surface area contributed by atoms with Gasteiger partial charge >= 0.3 is 0 Å². The number of Topliss-reactive ketones (excluding diaryl/α,β-unsaturated/α-hetero) is 1. The molecule has 0 saturated carbocycles. The zero-order valence-corrected chi connectivity index (χ0v) is 17.5. The van der Waals surface area contributed by atoms with Crippen LogP contribution in [0, 0.1) is 11.8 Å². The van der Waals surface area contributed by atoms with Crippen LogP contribution in [0.3, 0.4) is 0 Å². The first kappa shape index (κ1) is 23.8. The van der Waals surface area contributed by atoms with Gasteiger partial charge in [-0.15, -0.1) is 0 Å². The molecule has 0 aromatic heterocycles. The molecule has 2 atom stereocenters. The van der Waals surface area contributed by atoms with Gasteiger partial charge in [0.15, 0.2) is 0 Å². The van der Waals surface area contributed by atoms with Gasteiger partial charge in [-0.05, 0) is 37.0 Å². The second-order valence-corrected chi connectivity index (χ2v) is 7.62. The molecule has 0 fully saturated rings. The molecule has 0 bridgehead atoms. The van der Waals surface area contributed by atoms with E-state index in [0.717, 1.165) is 24.8 Å². The van der Waals surface area contributed by atoms with E-state index in [9.17, 15) is 14.4 Å². The topological polar surface area (TPSA) is 95.5 Å². The van der Waals surface area contributed by atoms with E-state index in [1.807, 2.05) is 13.8 Å². The van der Waals surface area contributed by atoms with E-state index in [1.165, 1.54) is 0 Å². The Labute approximate surface area is 168 Å². The Balaban J connectivity index is 2.59. The van der Waals surface area contributed by atoms with Crippen molar-refractivity contribution in [1.29, 1.82) is 0 Å². The molecule has 6 nitrogen and oxygen atoms in total. The van der Waals surface area contributed by atoms with Gasteiger partial charge < -0.3 is 15.7 Å². The van der Waals surface area contributed by atoms with Gasteiger partial charge in [0.25, 0.3) is 0 Å². The zero-order valence-electron chi connectivity index (χ0n) is 17.5. The minimum Gasteiger partial charge on any atom is -0.392 e. The number of carbonyl (C=O) groups is 3. The summed E-state index contributed by atoms with van der Waals surface area (Å²) in [6.45, 7) is 7.47. The Morgan fingerprint density at radius 2 is 1.64 bits per heavy atom. The van der Waals surface area contributed by atoms with Crippen LogP contribution in [0.1, 0.15) is 65.4 Å². The molecular formula is C22H34N2O4. The summed E-state index contributed by atoms with van der Waals surface area (Å²) in [4.78, 5) is 37.2. The molecule has 0 heterocycles. The van der Waals surface area contributed by atoms with Gasteiger partial charge in [0.1, 0.15) is 11.8 Å². The summed E-state index contributed by atoms with van der Waals surface area (Å²) in [7, 11) is 0. The van der Waals surface area contributed by atoms with E-state index in [0.29, 0.717) is 12.1 Å². The highest BCUT2D eigenvalue weighted by Crippen LogP contribution is 2.18. The quantitative estimate of drug-likeness (QED) is 0.477. The maximum Gasteiger partial charge on any atom is 0.246 e. The molecule has 156 valence electrons. The summed E-state index contributed by atoms with van der Waals surface area (Å²) in [6, 6.07) is 6.12. The molecule has 1 aromatic rings. The molecule has 0 aliphatic carbocycles. The molecule has 1 rings (SSSR count). The standard InChI is InChI=1S/C22H34N2O4/c1-5-6-7-8-19(26)13-20(15(2)3)22(28)23-16(4)21(27)24-18-11-9-17(14-25)10-12-18/h9-12,15-16,20,25H,5-8,13-14H2,1-4H3,(H,23,28)(H,24,27)/t16-,20-/m0/s1. The predicted octanol–water partition coefficient (Wildman–Crippen LogP) is 3.43. The van der Waals surface area contributed by atoms with Gasteiger partial charge in [0.2, 0.25) is 11.8 Å². The third-order valence-electron chi connectivity index (χ3n) is 4.80. The van der Waals surface area contributed by atoms with Crippen molar-refractivity contribution >= 4 is 23.3 Å². The van der Waals surface area contributed by atoms with Crippen LogP contribution < -0.4 is 10.6 Å². The molecule has 0 unspecified atom stereocenters. The van der Waals surface area contributed by atoms with Crippen LogP contribution in [0.2, 0.25) is 0 Å². The lowest BCUT2D eigenvalue weighted by Crippen LogP contribution is -2.45. The van der Waals surface area contributed by atoms with Crippen molar-refractivity contribution in [2.75, 3.05) is 5.32 Å². The second-order valence-electron chi connectivity index (χ2n) is 7.62.